The zero-order valence-electron chi connectivity index (χ0n) is 26.8. The molecular weight excluding hydrogens is 680 g/mol. The second-order valence-electron chi connectivity index (χ2n) is 10.2. The lowest BCUT2D eigenvalue weighted by Crippen LogP contribution is -2.40. The van der Waals surface area contributed by atoms with E-state index >= 15 is 0 Å². The van der Waals surface area contributed by atoms with Crippen LogP contribution in [0.15, 0.2) is 55.9 Å². The van der Waals surface area contributed by atoms with Crippen LogP contribution in [0.2, 0.25) is 0 Å². The Morgan fingerprint density at radius 1 is 1.02 bits per heavy atom. The number of nitrogens with zero attached hydrogens (tertiary/aromatic N) is 2. The van der Waals surface area contributed by atoms with Crippen molar-refractivity contribution in [1.82, 2.24) is 4.57 Å². The van der Waals surface area contributed by atoms with Gasteiger partial charge in [0.15, 0.2) is 34.4 Å². The SMILES string of the molecule is CCOC(=O)C1=C(C)N=c2s/c(=C/c3cc(Br)c(OC(C)C)c(OCC)c3)c(=O)n2[C@@H]1c1ccc(OCC(=O)OC)c(OCC)c1. The van der Waals surface area contributed by atoms with Gasteiger partial charge in [-0.25, -0.2) is 14.6 Å². The van der Waals surface area contributed by atoms with Crippen LogP contribution in [-0.2, 0) is 19.1 Å². The third kappa shape index (κ3) is 7.64. The number of thiazole rings is 1. The Hall–Kier alpha value is -4.10. The predicted molar refractivity (Wildman–Crippen MR) is 177 cm³/mol. The summed E-state index contributed by atoms with van der Waals surface area (Å²) in [6.45, 7) is 11.5. The molecule has 0 unspecified atom stereocenters. The monoisotopic (exact) mass is 716 g/mol. The van der Waals surface area contributed by atoms with E-state index in [1.807, 2.05) is 39.8 Å². The molecule has 0 radical (unpaired) electrons. The molecule has 13 heteroatoms. The number of fused-ring (bicyclic) bond motifs is 1. The minimum atomic E-state index is -0.876. The quantitative estimate of drug-likeness (QED) is 0.232. The highest BCUT2D eigenvalue weighted by Gasteiger charge is 2.34. The number of ether oxygens (including phenoxy) is 6. The number of esters is 2. The Morgan fingerprint density at radius 3 is 2.39 bits per heavy atom. The van der Waals surface area contributed by atoms with E-state index in [1.165, 1.54) is 23.0 Å². The van der Waals surface area contributed by atoms with E-state index in [0.717, 1.165) is 0 Å². The molecule has 0 amide bonds. The zero-order chi connectivity index (χ0) is 33.5. The van der Waals surface area contributed by atoms with Crippen LogP contribution in [0.4, 0.5) is 0 Å². The van der Waals surface area contributed by atoms with Crippen LogP contribution in [-0.4, -0.2) is 56.1 Å². The third-order valence-electron chi connectivity index (χ3n) is 6.66. The van der Waals surface area contributed by atoms with Gasteiger partial charge in [0.25, 0.3) is 5.56 Å². The van der Waals surface area contributed by atoms with Gasteiger partial charge in [-0.15, -0.1) is 0 Å². The van der Waals surface area contributed by atoms with Crippen molar-refractivity contribution >= 4 is 45.3 Å². The van der Waals surface area contributed by atoms with Crippen molar-refractivity contribution in [2.75, 3.05) is 33.5 Å². The summed E-state index contributed by atoms with van der Waals surface area (Å²) in [6.07, 6.45) is 1.69. The number of benzene rings is 2. The van der Waals surface area contributed by atoms with Crippen LogP contribution in [0.3, 0.4) is 0 Å². The first-order valence-electron chi connectivity index (χ1n) is 14.8. The summed E-state index contributed by atoms with van der Waals surface area (Å²) in [6, 6.07) is 7.83. The van der Waals surface area contributed by atoms with Crippen LogP contribution < -0.4 is 33.8 Å². The number of halogens is 1. The maximum absolute atomic E-state index is 14.2. The molecule has 2 aromatic carbocycles. The first-order valence-corrected chi connectivity index (χ1v) is 16.4. The van der Waals surface area contributed by atoms with Crippen LogP contribution in [0.5, 0.6) is 23.0 Å². The molecule has 11 nitrogen and oxygen atoms in total. The molecule has 1 aromatic heterocycles. The smallest absolute Gasteiger partial charge is 0.343 e. The van der Waals surface area contributed by atoms with E-state index in [4.69, 9.17) is 23.7 Å². The summed E-state index contributed by atoms with van der Waals surface area (Å²) in [5.41, 5.74) is 1.58. The second kappa shape index (κ2) is 15.5. The predicted octanol–water partition coefficient (Wildman–Crippen LogP) is 4.70. The van der Waals surface area contributed by atoms with Gasteiger partial charge in [0.05, 0.1) is 59.4 Å². The number of hydrogen-bond donors (Lipinski definition) is 0. The molecule has 0 aliphatic carbocycles. The van der Waals surface area contributed by atoms with E-state index in [2.05, 4.69) is 25.7 Å². The Labute approximate surface area is 279 Å². The van der Waals surface area contributed by atoms with Crippen molar-refractivity contribution in [3.05, 3.63) is 76.9 Å². The average molecular weight is 718 g/mol. The summed E-state index contributed by atoms with van der Waals surface area (Å²) in [5, 5.41) is 0. The lowest BCUT2D eigenvalue weighted by atomic mass is 9.95. The molecule has 46 heavy (non-hydrogen) atoms. The number of aromatic nitrogens is 1. The molecular formula is C33H37BrN2O9S. The third-order valence-corrected chi connectivity index (χ3v) is 8.23. The van der Waals surface area contributed by atoms with Crippen molar-refractivity contribution in [2.24, 2.45) is 4.99 Å². The molecule has 0 N–H and O–H groups in total. The fourth-order valence-electron chi connectivity index (χ4n) is 4.82. The molecule has 0 spiro atoms. The second-order valence-corrected chi connectivity index (χ2v) is 12.1. The molecule has 246 valence electrons. The number of carbonyl (C=O) groups is 2. The summed E-state index contributed by atoms with van der Waals surface area (Å²) in [7, 11) is 1.27. The molecule has 2 heterocycles. The normalized spacial score (nSPS) is 14.5. The number of allylic oxidation sites excluding steroid dienone is 1. The van der Waals surface area contributed by atoms with Crippen LogP contribution >= 0.6 is 27.3 Å². The van der Waals surface area contributed by atoms with Crippen LogP contribution in [0.25, 0.3) is 6.08 Å². The summed E-state index contributed by atoms with van der Waals surface area (Å²) < 4.78 is 36.0. The lowest BCUT2D eigenvalue weighted by Gasteiger charge is -2.25. The first-order chi connectivity index (χ1) is 22.0. The summed E-state index contributed by atoms with van der Waals surface area (Å²) in [4.78, 5) is 44.3. The fourth-order valence-corrected chi connectivity index (χ4v) is 6.42. The number of rotatable bonds is 13. The van der Waals surface area contributed by atoms with Gasteiger partial charge in [-0.05, 0) is 98.9 Å². The zero-order valence-corrected chi connectivity index (χ0v) is 29.2. The topological polar surface area (TPSA) is 124 Å². The Kier molecular flexibility index (Phi) is 11.7. The van der Waals surface area contributed by atoms with E-state index in [1.54, 1.807) is 38.1 Å². The van der Waals surface area contributed by atoms with E-state index in [0.29, 0.717) is 66.8 Å². The van der Waals surface area contributed by atoms with E-state index < -0.39 is 18.0 Å². The fraction of sp³-hybridized carbons (Fsp3) is 0.394. The first kappa shape index (κ1) is 34.8. The molecule has 1 aliphatic heterocycles. The van der Waals surface area contributed by atoms with Crippen LogP contribution in [0.1, 0.15) is 58.7 Å². The van der Waals surface area contributed by atoms with E-state index in [-0.39, 0.29) is 30.5 Å². The Morgan fingerprint density at radius 2 is 1.74 bits per heavy atom. The van der Waals surface area contributed by atoms with Gasteiger partial charge in [0.1, 0.15) is 0 Å². The maximum atomic E-state index is 14.2. The van der Waals surface area contributed by atoms with Crippen molar-refractivity contribution in [3.63, 3.8) is 0 Å². The Bertz CT molecular complexity index is 1830. The molecule has 0 bridgehead atoms. The summed E-state index contributed by atoms with van der Waals surface area (Å²) in [5.74, 6) is 0.626. The Balaban J connectivity index is 1.90. The van der Waals surface area contributed by atoms with Gasteiger partial charge < -0.3 is 28.4 Å². The minimum Gasteiger partial charge on any atom is -0.490 e. The van der Waals surface area contributed by atoms with Gasteiger partial charge in [-0.1, -0.05) is 17.4 Å². The maximum Gasteiger partial charge on any atom is 0.343 e. The standard InChI is InChI=1S/C33H37BrN2O9S/c1-8-41-24-16-21(11-12-23(24)44-17-27(37)40-7)29-28(32(39)43-10-3)19(6)35-33-36(29)31(38)26(46-33)15-20-13-22(34)30(45-18(4)5)25(14-20)42-9-2/h11-16,18,29H,8-10,17H2,1-7H3/b26-15+/t29-/m1/s1. The van der Waals surface area contributed by atoms with Gasteiger partial charge in [-0.2, -0.15) is 0 Å². The molecule has 0 fully saturated rings. The molecule has 1 aliphatic rings. The van der Waals surface area contributed by atoms with Crippen molar-refractivity contribution in [3.8, 4) is 23.0 Å². The van der Waals surface area contributed by atoms with Crippen molar-refractivity contribution < 1.29 is 38.0 Å². The largest absolute Gasteiger partial charge is 0.490 e. The molecule has 4 rings (SSSR count). The van der Waals surface area contributed by atoms with E-state index in [9.17, 15) is 14.4 Å². The highest BCUT2D eigenvalue weighted by molar-refractivity contribution is 9.10. The minimum absolute atomic E-state index is 0.0707. The van der Waals surface area contributed by atoms with Crippen molar-refractivity contribution in [1.29, 1.82) is 0 Å². The van der Waals surface area contributed by atoms with Gasteiger partial charge >= 0.3 is 11.9 Å². The van der Waals surface area contributed by atoms with Crippen molar-refractivity contribution in [2.45, 2.75) is 53.7 Å². The highest BCUT2D eigenvalue weighted by Crippen LogP contribution is 2.38. The molecule has 0 saturated carbocycles. The average Bonchev–Trinajstić information content (AvgIpc) is 3.31. The van der Waals surface area contributed by atoms with Crippen LogP contribution in [0, 0.1) is 0 Å². The van der Waals surface area contributed by atoms with Gasteiger partial charge in [0.2, 0.25) is 0 Å². The van der Waals surface area contributed by atoms with Gasteiger partial charge in [0, 0.05) is 0 Å². The summed E-state index contributed by atoms with van der Waals surface area (Å²) >= 11 is 4.80. The molecule has 0 saturated heterocycles. The molecule has 3 aromatic rings. The number of hydrogen-bond acceptors (Lipinski definition) is 11. The van der Waals surface area contributed by atoms with Gasteiger partial charge in [-0.3, -0.25) is 9.36 Å². The number of methoxy groups -OCH3 is 1. The lowest BCUT2D eigenvalue weighted by molar-refractivity contribution is -0.143. The highest BCUT2D eigenvalue weighted by atomic mass is 79.9. The number of carbonyl (C=O) groups excluding carboxylic acids is 2. The molecule has 1 atom stereocenters.